The molecule has 0 aromatic rings. The minimum Gasteiger partial charge on any atom is -0.480 e. The topological polar surface area (TPSA) is 215 Å². The van der Waals surface area contributed by atoms with Gasteiger partial charge in [-0.25, -0.2) is 4.79 Å². The smallest absolute Gasteiger partial charge is 0.326 e. The molecule has 0 aliphatic heterocycles. The van der Waals surface area contributed by atoms with Crippen LogP contribution in [0.1, 0.15) is 39.5 Å². The lowest BCUT2D eigenvalue weighted by atomic mass is 10.0. The standard InChI is InChI=1S/C19H37N7O5S/c1-11(2)9-14(26-16(28)12(6-8-32-3)24-15(27)10-20)17(29)25-13(18(30)31)5-4-7-23-19(21)22/h11-14H,4-10,20H2,1-3H3,(H,24,27)(H,25,29)(H,26,28)(H,30,31)(H4,21,22,23). The highest BCUT2D eigenvalue weighted by Gasteiger charge is 2.29. The predicted octanol–water partition coefficient (Wildman–Crippen LogP) is -1.66. The third kappa shape index (κ3) is 13.0. The van der Waals surface area contributed by atoms with E-state index in [1.807, 2.05) is 20.1 Å². The Hall–Kier alpha value is -2.54. The number of nitrogens with two attached hydrogens (primary N) is 3. The number of rotatable bonds is 16. The van der Waals surface area contributed by atoms with E-state index in [2.05, 4.69) is 20.9 Å². The van der Waals surface area contributed by atoms with E-state index in [-0.39, 0.29) is 37.8 Å². The Morgan fingerprint density at radius 2 is 1.56 bits per heavy atom. The number of carbonyl (C=O) groups excluding carboxylic acids is 3. The van der Waals surface area contributed by atoms with Crippen molar-refractivity contribution < 1.29 is 24.3 Å². The SMILES string of the molecule is CSCCC(NC(=O)CN)C(=O)NC(CC(C)C)C(=O)NC(CCCN=C(N)N)C(=O)O. The number of hydrogen-bond donors (Lipinski definition) is 7. The van der Waals surface area contributed by atoms with Gasteiger partial charge in [0.05, 0.1) is 6.54 Å². The molecule has 0 fully saturated rings. The minimum atomic E-state index is -1.20. The second-order valence-electron chi connectivity index (χ2n) is 7.64. The van der Waals surface area contributed by atoms with Crippen molar-refractivity contribution >= 4 is 41.4 Å². The highest BCUT2D eigenvalue weighted by molar-refractivity contribution is 7.98. The molecule has 32 heavy (non-hydrogen) atoms. The van der Waals surface area contributed by atoms with E-state index in [4.69, 9.17) is 17.2 Å². The third-order valence-corrected chi connectivity index (χ3v) is 4.99. The van der Waals surface area contributed by atoms with Crippen molar-refractivity contribution in [3.63, 3.8) is 0 Å². The van der Waals surface area contributed by atoms with Crippen molar-refractivity contribution in [1.29, 1.82) is 0 Å². The maximum Gasteiger partial charge on any atom is 0.326 e. The van der Waals surface area contributed by atoms with Gasteiger partial charge in [0, 0.05) is 6.54 Å². The number of thioether (sulfide) groups is 1. The summed E-state index contributed by atoms with van der Waals surface area (Å²) < 4.78 is 0. The molecule has 3 amide bonds. The molecule has 0 saturated carbocycles. The number of carboxylic acids is 1. The van der Waals surface area contributed by atoms with E-state index in [0.29, 0.717) is 18.6 Å². The summed E-state index contributed by atoms with van der Waals surface area (Å²) in [5, 5.41) is 17.1. The Morgan fingerprint density at radius 3 is 2.06 bits per heavy atom. The second kappa shape index (κ2) is 16.1. The van der Waals surface area contributed by atoms with E-state index >= 15 is 0 Å². The third-order valence-electron chi connectivity index (χ3n) is 4.35. The summed E-state index contributed by atoms with van der Waals surface area (Å²) in [7, 11) is 0. The van der Waals surface area contributed by atoms with Crippen LogP contribution in [-0.2, 0) is 19.2 Å². The quantitative estimate of drug-likeness (QED) is 0.0771. The van der Waals surface area contributed by atoms with Crippen LogP contribution in [0.5, 0.6) is 0 Å². The van der Waals surface area contributed by atoms with Gasteiger partial charge in [-0.1, -0.05) is 13.8 Å². The molecule has 0 bridgehead atoms. The number of carbonyl (C=O) groups is 4. The van der Waals surface area contributed by atoms with Crippen molar-refractivity contribution in [2.45, 2.75) is 57.7 Å². The summed E-state index contributed by atoms with van der Waals surface area (Å²) in [5.74, 6) is -2.27. The van der Waals surface area contributed by atoms with Crippen molar-refractivity contribution in [3.8, 4) is 0 Å². The number of aliphatic imine (C=N–C) groups is 1. The maximum absolute atomic E-state index is 12.8. The number of guanidine groups is 1. The van der Waals surface area contributed by atoms with Gasteiger partial charge in [0.2, 0.25) is 17.7 Å². The lowest BCUT2D eigenvalue weighted by Crippen LogP contribution is -2.56. The molecule has 184 valence electrons. The van der Waals surface area contributed by atoms with Crippen molar-refractivity contribution in [2.75, 3.05) is 25.1 Å². The predicted molar refractivity (Wildman–Crippen MR) is 125 cm³/mol. The van der Waals surface area contributed by atoms with E-state index in [1.54, 1.807) is 0 Å². The van der Waals surface area contributed by atoms with Gasteiger partial charge in [-0.3, -0.25) is 19.4 Å². The van der Waals surface area contributed by atoms with Crippen LogP contribution in [0, 0.1) is 5.92 Å². The van der Waals surface area contributed by atoms with E-state index < -0.39 is 41.8 Å². The summed E-state index contributed by atoms with van der Waals surface area (Å²) in [4.78, 5) is 52.6. The molecule has 0 spiro atoms. The van der Waals surface area contributed by atoms with Gasteiger partial charge in [-0.2, -0.15) is 11.8 Å². The van der Waals surface area contributed by atoms with Crippen LogP contribution in [-0.4, -0.2) is 78.0 Å². The number of amides is 3. The zero-order valence-corrected chi connectivity index (χ0v) is 19.7. The molecule has 0 aromatic carbocycles. The molecular formula is C19H37N7O5S. The Morgan fingerprint density at radius 1 is 0.969 bits per heavy atom. The molecule has 0 saturated heterocycles. The van der Waals surface area contributed by atoms with Gasteiger partial charge in [0.15, 0.2) is 5.96 Å². The van der Waals surface area contributed by atoms with Gasteiger partial charge in [-0.05, 0) is 43.6 Å². The fourth-order valence-corrected chi connectivity index (χ4v) is 3.24. The van der Waals surface area contributed by atoms with Crippen LogP contribution in [0.25, 0.3) is 0 Å². The Kier molecular flexibility index (Phi) is 14.9. The first-order chi connectivity index (χ1) is 15.0. The van der Waals surface area contributed by atoms with Crippen LogP contribution in [0.4, 0.5) is 0 Å². The van der Waals surface area contributed by atoms with Gasteiger partial charge >= 0.3 is 5.97 Å². The molecule has 3 atom stereocenters. The molecule has 0 heterocycles. The van der Waals surface area contributed by atoms with Crippen LogP contribution < -0.4 is 33.2 Å². The fourth-order valence-electron chi connectivity index (χ4n) is 2.77. The molecule has 13 heteroatoms. The molecule has 10 N–H and O–H groups in total. The molecule has 0 aliphatic carbocycles. The molecule has 0 aromatic heterocycles. The first kappa shape index (κ1) is 29.5. The van der Waals surface area contributed by atoms with Gasteiger partial charge in [0.25, 0.3) is 0 Å². The summed E-state index contributed by atoms with van der Waals surface area (Å²) >= 11 is 1.51. The molecule has 0 aliphatic rings. The van der Waals surface area contributed by atoms with Crippen LogP contribution >= 0.6 is 11.8 Å². The first-order valence-electron chi connectivity index (χ1n) is 10.4. The average molecular weight is 476 g/mol. The molecule has 0 radical (unpaired) electrons. The summed E-state index contributed by atoms with van der Waals surface area (Å²) in [6.45, 7) is 3.71. The van der Waals surface area contributed by atoms with E-state index in [0.717, 1.165) is 0 Å². The molecular weight excluding hydrogens is 438 g/mol. The molecule has 12 nitrogen and oxygen atoms in total. The Bertz CT molecular complexity index is 656. The van der Waals surface area contributed by atoms with Crippen LogP contribution in [0.3, 0.4) is 0 Å². The number of carboxylic acid groups (broad SMARTS) is 1. The van der Waals surface area contributed by atoms with E-state index in [9.17, 15) is 24.3 Å². The highest BCUT2D eigenvalue weighted by atomic mass is 32.2. The minimum absolute atomic E-state index is 0.0412. The molecule has 0 rings (SSSR count). The lowest BCUT2D eigenvalue weighted by molar-refractivity contribution is -0.142. The maximum atomic E-state index is 12.8. The van der Waals surface area contributed by atoms with Gasteiger partial charge in [0.1, 0.15) is 18.1 Å². The second-order valence-corrected chi connectivity index (χ2v) is 8.63. The molecule has 3 unspecified atom stereocenters. The number of aliphatic carboxylic acids is 1. The fraction of sp³-hybridized carbons (Fsp3) is 0.737. The Labute approximate surface area is 192 Å². The lowest BCUT2D eigenvalue weighted by Gasteiger charge is -2.25. The van der Waals surface area contributed by atoms with Crippen LogP contribution in [0.2, 0.25) is 0 Å². The largest absolute Gasteiger partial charge is 0.480 e. The summed E-state index contributed by atoms with van der Waals surface area (Å²) in [5.41, 5.74) is 15.8. The summed E-state index contributed by atoms with van der Waals surface area (Å²) in [6.07, 6.45) is 2.98. The number of hydrogen-bond acceptors (Lipinski definition) is 7. The van der Waals surface area contributed by atoms with Crippen molar-refractivity contribution in [3.05, 3.63) is 0 Å². The van der Waals surface area contributed by atoms with E-state index in [1.165, 1.54) is 11.8 Å². The zero-order chi connectivity index (χ0) is 24.7. The average Bonchev–Trinajstić information content (AvgIpc) is 2.71. The van der Waals surface area contributed by atoms with Crippen molar-refractivity contribution in [1.82, 2.24) is 16.0 Å². The summed E-state index contributed by atoms with van der Waals surface area (Å²) in [6, 6.07) is -2.98. The van der Waals surface area contributed by atoms with Gasteiger partial charge in [-0.15, -0.1) is 0 Å². The van der Waals surface area contributed by atoms with Gasteiger partial charge < -0.3 is 38.3 Å². The highest BCUT2D eigenvalue weighted by Crippen LogP contribution is 2.09. The number of nitrogens with one attached hydrogen (secondary N) is 3. The normalized spacial score (nSPS) is 13.5. The van der Waals surface area contributed by atoms with Crippen LogP contribution in [0.15, 0.2) is 4.99 Å². The number of nitrogens with zero attached hydrogens (tertiary/aromatic N) is 1. The first-order valence-corrected chi connectivity index (χ1v) is 11.8. The Balaban J connectivity index is 5.26. The van der Waals surface area contributed by atoms with Crippen molar-refractivity contribution in [2.24, 2.45) is 28.1 Å². The monoisotopic (exact) mass is 475 g/mol. The zero-order valence-electron chi connectivity index (χ0n) is 18.9.